The number of halogens is 3. The molecule has 0 aliphatic carbocycles. The van der Waals surface area contributed by atoms with Gasteiger partial charge in [-0.2, -0.15) is 0 Å². The van der Waals surface area contributed by atoms with Gasteiger partial charge in [-0.25, -0.2) is 22.8 Å². The predicted octanol–water partition coefficient (Wildman–Crippen LogP) is 2.82. The molecule has 8 heteroatoms. The highest BCUT2D eigenvalue weighted by Gasteiger charge is 2.33. The lowest BCUT2D eigenvalue weighted by Crippen LogP contribution is -2.21. The normalized spacial score (nSPS) is 10.4. The van der Waals surface area contributed by atoms with Crippen molar-refractivity contribution in [3.05, 3.63) is 28.6 Å². The quantitative estimate of drug-likeness (QED) is 0.495. The Morgan fingerprint density at radius 2 is 1.27 bits per heavy atom. The van der Waals surface area contributed by atoms with Gasteiger partial charge < -0.3 is 15.2 Å². The van der Waals surface area contributed by atoms with Gasteiger partial charge in [0.1, 0.15) is 16.8 Å². The molecule has 0 atom stereocenters. The number of carbonyl (C=O) groups excluding carboxylic acids is 2. The van der Waals surface area contributed by atoms with E-state index in [0.717, 1.165) is 0 Å². The lowest BCUT2D eigenvalue weighted by Gasteiger charge is -2.13. The zero-order chi connectivity index (χ0) is 16.9. The predicted molar refractivity (Wildman–Crippen MR) is 71.9 cm³/mol. The van der Waals surface area contributed by atoms with Crippen LogP contribution in [0.3, 0.4) is 0 Å². The highest BCUT2D eigenvalue weighted by molar-refractivity contribution is 6.04. The first kappa shape index (κ1) is 17.8. The van der Waals surface area contributed by atoms with E-state index in [1.807, 2.05) is 0 Å². The summed E-state index contributed by atoms with van der Waals surface area (Å²) in [7, 11) is 0. The van der Waals surface area contributed by atoms with E-state index in [0.29, 0.717) is 12.8 Å². The first-order valence-corrected chi connectivity index (χ1v) is 6.66. The number of hydrogen-bond donors (Lipinski definition) is 1. The number of nitrogen functional groups attached to an aromatic ring is 1. The molecule has 2 N–H and O–H groups in total. The number of ether oxygens (including phenoxy) is 2. The topological polar surface area (TPSA) is 78.6 Å². The Labute approximate surface area is 125 Å². The van der Waals surface area contributed by atoms with Crippen LogP contribution in [0.4, 0.5) is 18.9 Å². The van der Waals surface area contributed by atoms with Crippen molar-refractivity contribution in [1.29, 1.82) is 0 Å². The number of rotatable bonds is 6. The number of esters is 2. The summed E-state index contributed by atoms with van der Waals surface area (Å²) in [6.45, 7) is 3.17. The van der Waals surface area contributed by atoms with Gasteiger partial charge in [0, 0.05) is 0 Å². The van der Waals surface area contributed by atoms with Crippen LogP contribution in [0.15, 0.2) is 0 Å². The minimum atomic E-state index is -1.76. The van der Waals surface area contributed by atoms with Crippen molar-refractivity contribution < 1.29 is 32.2 Å². The molecular formula is C14H16F3NO4. The summed E-state index contributed by atoms with van der Waals surface area (Å²) in [5.74, 6) is -7.73. The lowest BCUT2D eigenvalue weighted by molar-refractivity contribution is 0.0447. The highest BCUT2D eigenvalue weighted by atomic mass is 19.2. The SMILES string of the molecule is CCCOC(=O)c1c(F)c(N)c(F)c(F)c1C(=O)OCCC. The molecule has 22 heavy (non-hydrogen) atoms. The van der Waals surface area contributed by atoms with Gasteiger partial charge in [-0.1, -0.05) is 13.8 Å². The van der Waals surface area contributed by atoms with Gasteiger partial charge in [0.2, 0.25) is 0 Å². The molecule has 0 aromatic heterocycles. The number of anilines is 1. The molecule has 5 nitrogen and oxygen atoms in total. The van der Waals surface area contributed by atoms with Crippen LogP contribution in [0.2, 0.25) is 0 Å². The van der Waals surface area contributed by atoms with E-state index >= 15 is 0 Å². The van der Waals surface area contributed by atoms with E-state index in [2.05, 4.69) is 9.47 Å². The molecule has 0 heterocycles. The second kappa shape index (κ2) is 7.67. The van der Waals surface area contributed by atoms with Crippen LogP contribution in [0.5, 0.6) is 0 Å². The standard InChI is InChI=1S/C14H16F3NO4/c1-3-5-21-13(19)7-8(14(20)22-6-4-2)10(16)12(18)11(17)9(7)15/h3-6,18H2,1-2H3. The Bertz CT molecular complexity index is 539. The highest BCUT2D eigenvalue weighted by Crippen LogP contribution is 2.28. The molecule has 0 saturated carbocycles. The fourth-order valence-electron chi connectivity index (χ4n) is 1.60. The zero-order valence-corrected chi connectivity index (χ0v) is 12.2. The summed E-state index contributed by atoms with van der Waals surface area (Å²) in [5, 5.41) is 0. The van der Waals surface area contributed by atoms with Gasteiger partial charge in [0.25, 0.3) is 0 Å². The van der Waals surface area contributed by atoms with E-state index in [-0.39, 0.29) is 13.2 Å². The van der Waals surface area contributed by atoms with E-state index < -0.39 is 46.2 Å². The molecule has 0 fully saturated rings. The first-order chi connectivity index (χ1) is 10.4. The molecule has 0 radical (unpaired) electrons. The van der Waals surface area contributed by atoms with Crippen LogP contribution in [0.25, 0.3) is 0 Å². The van der Waals surface area contributed by atoms with Gasteiger partial charge in [0.05, 0.1) is 13.2 Å². The average Bonchev–Trinajstić information content (AvgIpc) is 2.51. The Morgan fingerprint density at radius 1 is 0.864 bits per heavy atom. The number of nitrogens with two attached hydrogens (primary N) is 1. The van der Waals surface area contributed by atoms with Crippen molar-refractivity contribution in [2.24, 2.45) is 0 Å². The summed E-state index contributed by atoms with van der Waals surface area (Å²) < 4.78 is 50.8. The Balaban J connectivity index is 3.44. The van der Waals surface area contributed by atoms with E-state index in [1.165, 1.54) is 0 Å². The Hall–Kier alpha value is -2.25. The van der Waals surface area contributed by atoms with Crippen LogP contribution in [0, 0.1) is 17.5 Å². The number of benzene rings is 1. The van der Waals surface area contributed by atoms with Crippen molar-refractivity contribution in [3.63, 3.8) is 0 Å². The van der Waals surface area contributed by atoms with Gasteiger partial charge in [0.15, 0.2) is 17.5 Å². The third kappa shape index (κ3) is 3.49. The summed E-state index contributed by atoms with van der Waals surface area (Å²) in [6.07, 6.45) is 0.824. The molecule has 1 aromatic rings. The third-order valence-electron chi connectivity index (χ3n) is 2.64. The molecule has 1 aromatic carbocycles. The maximum Gasteiger partial charge on any atom is 0.342 e. The van der Waals surface area contributed by atoms with Crippen LogP contribution < -0.4 is 5.73 Å². The number of hydrogen-bond acceptors (Lipinski definition) is 5. The third-order valence-corrected chi connectivity index (χ3v) is 2.64. The second-order valence-electron chi connectivity index (χ2n) is 4.38. The molecule has 0 aliphatic heterocycles. The molecule has 0 saturated heterocycles. The fraction of sp³-hybridized carbons (Fsp3) is 0.429. The van der Waals surface area contributed by atoms with E-state index in [1.54, 1.807) is 13.8 Å². The monoisotopic (exact) mass is 319 g/mol. The van der Waals surface area contributed by atoms with Crippen molar-refractivity contribution in [1.82, 2.24) is 0 Å². The number of carbonyl (C=O) groups is 2. The minimum Gasteiger partial charge on any atom is -0.462 e. The first-order valence-electron chi connectivity index (χ1n) is 6.66. The van der Waals surface area contributed by atoms with E-state index in [9.17, 15) is 22.8 Å². The summed E-state index contributed by atoms with van der Waals surface area (Å²) in [4.78, 5) is 23.6. The molecule has 0 bridgehead atoms. The average molecular weight is 319 g/mol. The van der Waals surface area contributed by atoms with Crippen molar-refractivity contribution in [3.8, 4) is 0 Å². The minimum absolute atomic E-state index is 0.0827. The lowest BCUT2D eigenvalue weighted by atomic mass is 10.0. The van der Waals surface area contributed by atoms with Gasteiger partial charge >= 0.3 is 11.9 Å². The van der Waals surface area contributed by atoms with Crippen LogP contribution in [0.1, 0.15) is 47.4 Å². The molecule has 1 rings (SSSR count). The molecule has 0 amide bonds. The molecule has 0 aliphatic rings. The Morgan fingerprint density at radius 3 is 1.68 bits per heavy atom. The zero-order valence-electron chi connectivity index (χ0n) is 12.2. The molecule has 0 spiro atoms. The summed E-state index contributed by atoms with van der Waals surface area (Å²) >= 11 is 0. The van der Waals surface area contributed by atoms with Gasteiger partial charge in [-0.05, 0) is 12.8 Å². The van der Waals surface area contributed by atoms with Gasteiger partial charge in [-0.15, -0.1) is 0 Å². The van der Waals surface area contributed by atoms with Crippen molar-refractivity contribution in [2.45, 2.75) is 26.7 Å². The largest absolute Gasteiger partial charge is 0.462 e. The maximum absolute atomic E-state index is 14.0. The molecular weight excluding hydrogens is 303 g/mol. The maximum atomic E-state index is 14.0. The Kier molecular flexibility index (Phi) is 6.21. The summed E-state index contributed by atoms with van der Waals surface area (Å²) in [5.41, 5.74) is 1.65. The smallest absolute Gasteiger partial charge is 0.342 e. The molecule has 122 valence electrons. The van der Waals surface area contributed by atoms with Crippen LogP contribution in [-0.4, -0.2) is 25.2 Å². The second-order valence-corrected chi connectivity index (χ2v) is 4.38. The van der Waals surface area contributed by atoms with Crippen LogP contribution in [-0.2, 0) is 9.47 Å². The van der Waals surface area contributed by atoms with Crippen molar-refractivity contribution >= 4 is 17.6 Å². The summed E-state index contributed by atoms with van der Waals surface area (Å²) in [6, 6.07) is 0. The van der Waals surface area contributed by atoms with Crippen molar-refractivity contribution in [2.75, 3.05) is 18.9 Å². The van der Waals surface area contributed by atoms with Crippen LogP contribution >= 0.6 is 0 Å². The fourth-order valence-corrected chi connectivity index (χ4v) is 1.60. The molecule has 0 unspecified atom stereocenters. The van der Waals surface area contributed by atoms with Gasteiger partial charge in [-0.3, -0.25) is 0 Å². The van der Waals surface area contributed by atoms with E-state index in [4.69, 9.17) is 5.73 Å².